The van der Waals surface area contributed by atoms with Gasteiger partial charge in [0.15, 0.2) is 5.78 Å². The number of amides is 1. The van der Waals surface area contributed by atoms with Crippen molar-refractivity contribution in [2.45, 2.75) is 25.9 Å². The molecule has 0 radical (unpaired) electrons. The minimum Gasteiger partial charge on any atom is -0.344 e. The van der Waals surface area contributed by atoms with Gasteiger partial charge in [0.05, 0.1) is 17.9 Å². The summed E-state index contributed by atoms with van der Waals surface area (Å²) in [5, 5.41) is 3.38. The summed E-state index contributed by atoms with van der Waals surface area (Å²) < 4.78 is 1.73. The van der Waals surface area contributed by atoms with Crippen molar-refractivity contribution in [2.75, 3.05) is 0 Å². The first-order chi connectivity index (χ1) is 15.4. The third-order valence-corrected chi connectivity index (χ3v) is 6.47. The van der Waals surface area contributed by atoms with Gasteiger partial charge in [-0.05, 0) is 42.7 Å². The molecule has 8 heteroatoms. The van der Waals surface area contributed by atoms with E-state index >= 15 is 0 Å². The number of carbonyl (C=O) groups excluding carboxylic acids is 2. The number of carbonyl (C=O) groups is 2. The van der Waals surface area contributed by atoms with E-state index in [1.807, 2.05) is 48.5 Å². The molecule has 0 saturated carbocycles. The number of nitrogens with zero attached hydrogens (tertiary/aromatic N) is 2. The third-order valence-electron chi connectivity index (χ3n) is 5.06. The Morgan fingerprint density at radius 2 is 1.84 bits per heavy atom. The van der Waals surface area contributed by atoms with E-state index in [9.17, 15) is 14.4 Å². The number of halogens is 1. The molecule has 162 valence electrons. The van der Waals surface area contributed by atoms with E-state index in [1.165, 1.54) is 29.2 Å². The molecule has 2 heterocycles. The van der Waals surface area contributed by atoms with Crippen molar-refractivity contribution in [3.63, 3.8) is 0 Å². The fraction of sp³-hybridized carbons (Fsp3) is 0.167. The highest BCUT2D eigenvalue weighted by atomic mass is 35.5. The number of ketones is 1. The third kappa shape index (κ3) is 4.95. The quantitative estimate of drug-likeness (QED) is 0.445. The lowest BCUT2D eigenvalue weighted by atomic mass is 10.0. The highest BCUT2D eigenvalue weighted by Gasteiger charge is 2.19. The van der Waals surface area contributed by atoms with Crippen LogP contribution in [-0.4, -0.2) is 27.3 Å². The average molecular weight is 466 g/mol. The summed E-state index contributed by atoms with van der Waals surface area (Å²) in [4.78, 5) is 42.8. The van der Waals surface area contributed by atoms with E-state index in [2.05, 4.69) is 10.3 Å². The molecule has 1 unspecified atom stereocenters. The Kier molecular flexibility index (Phi) is 6.48. The number of aromatic nitrogens is 2. The molecule has 1 N–H and O–H groups in total. The fourth-order valence-electron chi connectivity index (χ4n) is 3.36. The van der Waals surface area contributed by atoms with Crippen molar-refractivity contribution in [1.82, 2.24) is 14.9 Å². The highest BCUT2D eigenvalue weighted by molar-refractivity contribution is 7.22. The monoisotopic (exact) mass is 465 g/mol. The van der Waals surface area contributed by atoms with Gasteiger partial charge in [0, 0.05) is 9.90 Å². The van der Waals surface area contributed by atoms with Crippen molar-refractivity contribution in [1.29, 1.82) is 0 Å². The highest BCUT2D eigenvalue weighted by Crippen LogP contribution is 2.31. The van der Waals surface area contributed by atoms with E-state index in [0.717, 1.165) is 16.0 Å². The Hall–Kier alpha value is -3.29. The van der Waals surface area contributed by atoms with Gasteiger partial charge < -0.3 is 5.32 Å². The number of benzene rings is 2. The van der Waals surface area contributed by atoms with Crippen molar-refractivity contribution in [3.05, 3.63) is 87.9 Å². The molecule has 2 aromatic heterocycles. The first-order valence-electron chi connectivity index (χ1n) is 9.99. The van der Waals surface area contributed by atoms with Gasteiger partial charge in [0.1, 0.15) is 11.2 Å². The molecular formula is C24H20ClN3O3S. The predicted octanol–water partition coefficient (Wildman–Crippen LogP) is 4.09. The van der Waals surface area contributed by atoms with E-state index < -0.39 is 11.9 Å². The lowest BCUT2D eigenvalue weighted by molar-refractivity contribution is -0.127. The molecule has 6 nitrogen and oxygen atoms in total. The largest absolute Gasteiger partial charge is 0.344 e. The van der Waals surface area contributed by atoms with Crippen LogP contribution in [0.2, 0.25) is 5.02 Å². The smallest absolute Gasteiger partial charge is 0.271 e. The zero-order chi connectivity index (χ0) is 22.7. The summed E-state index contributed by atoms with van der Waals surface area (Å²) in [5.41, 5.74) is 2.16. The summed E-state index contributed by atoms with van der Waals surface area (Å²) in [6.07, 6.45) is 1.76. The van der Waals surface area contributed by atoms with Crippen LogP contribution in [0.15, 0.2) is 71.8 Å². The number of thiophene rings is 1. The fourth-order valence-corrected chi connectivity index (χ4v) is 4.55. The summed E-state index contributed by atoms with van der Waals surface area (Å²) in [6, 6.07) is 18.0. The van der Waals surface area contributed by atoms with Gasteiger partial charge in [-0.2, -0.15) is 0 Å². The summed E-state index contributed by atoms with van der Waals surface area (Å²) in [6.45, 7) is 1.23. The Morgan fingerprint density at radius 1 is 1.12 bits per heavy atom. The SMILES string of the molecule is CC(=O)C(Cc1ccccc1)NC(=O)Cn1cnc2cc(-c3ccc(Cl)cc3)sc2c1=O. The predicted molar refractivity (Wildman–Crippen MR) is 127 cm³/mol. The van der Waals surface area contributed by atoms with Crippen LogP contribution in [0.5, 0.6) is 0 Å². The minimum absolute atomic E-state index is 0.144. The Labute approximate surface area is 193 Å². The number of hydrogen-bond donors (Lipinski definition) is 1. The summed E-state index contributed by atoms with van der Waals surface area (Å²) >= 11 is 7.27. The second kappa shape index (κ2) is 9.46. The maximum Gasteiger partial charge on any atom is 0.271 e. The van der Waals surface area contributed by atoms with Crippen LogP contribution in [-0.2, 0) is 22.6 Å². The Balaban J connectivity index is 1.52. The van der Waals surface area contributed by atoms with Crippen LogP contribution in [0, 0.1) is 0 Å². The molecular weight excluding hydrogens is 446 g/mol. The number of hydrogen-bond acceptors (Lipinski definition) is 5. The standard InChI is InChI=1S/C24H20ClN3O3S/c1-15(29)19(11-16-5-3-2-4-6-16)27-22(30)13-28-14-26-20-12-21(32-23(20)24(28)31)17-7-9-18(25)10-8-17/h2-10,12,14,19H,11,13H2,1H3,(H,27,30). The number of nitrogens with one attached hydrogen (secondary N) is 1. The van der Waals surface area contributed by atoms with Crippen LogP contribution in [0.1, 0.15) is 12.5 Å². The molecule has 0 spiro atoms. The molecule has 1 atom stereocenters. The molecule has 32 heavy (non-hydrogen) atoms. The van der Waals surface area contributed by atoms with Gasteiger partial charge in [0.2, 0.25) is 5.91 Å². The van der Waals surface area contributed by atoms with E-state index in [1.54, 1.807) is 12.1 Å². The van der Waals surface area contributed by atoms with Gasteiger partial charge in [-0.3, -0.25) is 19.0 Å². The first-order valence-corrected chi connectivity index (χ1v) is 11.2. The molecule has 4 aromatic rings. The Bertz CT molecular complexity index is 1330. The van der Waals surface area contributed by atoms with Crippen LogP contribution < -0.4 is 10.9 Å². The number of Topliss-reactive ketones (excluding diaryl/α,β-unsaturated/α-hetero) is 1. The second-order valence-corrected chi connectivity index (χ2v) is 8.92. The first kappa shape index (κ1) is 21.9. The molecule has 0 saturated heterocycles. The van der Waals surface area contributed by atoms with Crippen molar-refractivity contribution >= 4 is 44.8 Å². The van der Waals surface area contributed by atoms with Crippen LogP contribution in [0.4, 0.5) is 0 Å². The summed E-state index contributed by atoms with van der Waals surface area (Å²) in [5.74, 6) is -0.562. The number of rotatable bonds is 7. The molecule has 4 rings (SSSR count). The zero-order valence-electron chi connectivity index (χ0n) is 17.2. The van der Waals surface area contributed by atoms with Crippen molar-refractivity contribution < 1.29 is 9.59 Å². The van der Waals surface area contributed by atoms with Crippen LogP contribution in [0.25, 0.3) is 20.7 Å². The van der Waals surface area contributed by atoms with Gasteiger partial charge in [0.25, 0.3) is 5.56 Å². The maximum absolute atomic E-state index is 12.9. The molecule has 0 bridgehead atoms. The van der Waals surface area contributed by atoms with E-state index in [0.29, 0.717) is 21.7 Å². The lowest BCUT2D eigenvalue weighted by Crippen LogP contribution is -2.43. The average Bonchev–Trinajstić information content (AvgIpc) is 3.21. The second-order valence-electron chi connectivity index (χ2n) is 7.43. The minimum atomic E-state index is -0.657. The van der Waals surface area contributed by atoms with Gasteiger partial charge in [-0.15, -0.1) is 11.3 Å². The Morgan fingerprint density at radius 3 is 2.53 bits per heavy atom. The molecule has 1 amide bonds. The molecule has 0 fully saturated rings. The maximum atomic E-state index is 12.9. The van der Waals surface area contributed by atoms with Crippen molar-refractivity contribution in [2.24, 2.45) is 0 Å². The van der Waals surface area contributed by atoms with Crippen LogP contribution >= 0.6 is 22.9 Å². The van der Waals surface area contributed by atoms with Gasteiger partial charge >= 0.3 is 0 Å². The lowest BCUT2D eigenvalue weighted by Gasteiger charge is -2.16. The molecule has 0 aliphatic carbocycles. The van der Waals surface area contributed by atoms with Crippen molar-refractivity contribution in [3.8, 4) is 10.4 Å². The van der Waals surface area contributed by atoms with E-state index in [-0.39, 0.29) is 17.9 Å². The van der Waals surface area contributed by atoms with Gasteiger partial charge in [-0.1, -0.05) is 54.1 Å². The van der Waals surface area contributed by atoms with Gasteiger partial charge in [-0.25, -0.2) is 4.98 Å². The zero-order valence-corrected chi connectivity index (χ0v) is 18.8. The molecule has 0 aliphatic rings. The van der Waals surface area contributed by atoms with E-state index in [4.69, 9.17) is 11.6 Å². The number of fused-ring (bicyclic) bond motifs is 1. The van der Waals surface area contributed by atoms with Crippen LogP contribution in [0.3, 0.4) is 0 Å². The molecule has 0 aliphatic heterocycles. The normalized spacial score (nSPS) is 11.9. The summed E-state index contributed by atoms with van der Waals surface area (Å²) in [7, 11) is 0. The molecule has 2 aromatic carbocycles. The topological polar surface area (TPSA) is 81.1 Å².